The van der Waals surface area contributed by atoms with Crippen molar-refractivity contribution in [3.05, 3.63) is 23.9 Å². The molecule has 160 valence electrons. The Kier molecular flexibility index (Phi) is 5.22. The van der Waals surface area contributed by atoms with Crippen LogP contribution in [0.2, 0.25) is 0 Å². The van der Waals surface area contributed by atoms with Crippen LogP contribution in [0.1, 0.15) is 24.8 Å². The number of pyridine rings is 1. The predicted molar refractivity (Wildman–Crippen MR) is 113 cm³/mol. The molecule has 30 heavy (non-hydrogen) atoms. The van der Waals surface area contributed by atoms with Gasteiger partial charge in [-0.3, -0.25) is 4.98 Å². The van der Waals surface area contributed by atoms with E-state index in [1.807, 2.05) is 12.1 Å². The molecule has 0 radical (unpaired) electrons. The molecule has 2 aromatic rings. The van der Waals surface area contributed by atoms with E-state index in [4.69, 9.17) is 14.6 Å². The van der Waals surface area contributed by atoms with Crippen LogP contribution in [-0.2, 0) is 10.2 Å². The largest absolute Gasteiger partial charge is 0.493 e. The zero-order chi connectivity index (χ0) is 21.5. The van der Waals surface area contributed by atoms with E-state index < -0.39 is 10.2 Å². The maximum atomic E-state index is 11.7. The number of rotatable bonds is 4. The Morgan fingerprint density at radius 3 is 2.33 bits per heavy atom. The lowest BCUT2D eigenvalue weighted by Gasteiger charge is -2.40. The van der Waals surface area contributed by atoms with Crippen LogP contribution in [0.15, 0.2) is 18.3 Å². The van der Waals surface area contributed by atoms with Crippen LogP contribution in [0.4, 0.5) is 5.69 Å². The highest BCUT2D eigenvalue weighted by molar-refractivity contribution is 7.86. The average Bonchev–Trinajstić information content (AvgIpc) is 3.16. The summed E-state index contributed by atoms with van der Waals surface area (Å²) in [6.45, 7) is 2.38. The highest BCUT2D eigenvalue weighted by Gasteiger charge is 2.43. The number of piperidine rings is 1. The molecule has 0 atom stereocenters. The summed E-state index contributed by atoms with van der Waals surface area (Å²) in [5, 5.41) is 15.9. The number of hydrogen-bond donors (Lipinski definition) is 1. The molecule has 2 aliphatic rings. The Bertz CT molecular complexity index is 1120. The molecule has 2 fully saturated rings. The number of anilines is 1. The van der Waals surface area contributed by atoms with Crippen LogP contribution in [-0.4, -0.2) is 58.1 Å². The molecule has 1 spiro atoms. The highest BCUT2D eigenvalue weighted by atomic mass is 32.2. The van der Waals surface area contributed by atoms with Gasteiger partial charge in [0.2, 0.25) is 0 Å². The van der Waals surface area contributed by atoms with Gasteiger partial charge < -0.3 is 14.4 Å². The summed E-state index contributed by atoms with van der Waals surface area (Å²) in [5.74, 6) is 1.16. The van der Waals surface area contributed by atoms with Gasteiger partial charge in [0.15, 0.2) is 11.5 Å². The third-order valence-electron chi connectivity index (χ3n) is 6.37. The van der Waals surface area contributed by atoms with Crippen LogP contribution < -0.4 is 19.5 Å². The lowest BCUT2D eigenvalue weighted by atomic mass is 9.77. The smallest absolute Gasteiger partial charge is 0.276 e. The molecule has 1 aromatic carbocycles. The summed E-state index contributed by atoms with van der Waals surface area (Å²) in [4.78, 5) is 6.62. The van der Waals surface area contributed by atoms with E-state index in [1.165, 1.54) is 4.31 Å². The van der Waals surface area contributed by atoms with Gasteiger partial charge in [-0.15, -0.1) is 0 Å². The first-order chi connectivity index (χ1) is 14.3. The van der Waals surface area contributed by atoms with Gasteiger partial charge in [-0.2, -0.15) is 18.0 Å². The van der Waals surface area contributed by atoms with Gasteiger partial charge in [-0.25, -0.2) is 5.14 Å². The van der Waals surface area contributed by atoms with E-state index >= 15 is 0 Å². The van der Waals surface area contributed by atoms with Crippen molar-refractivity contribution in [1.29, 1.82) is 5.26 Å². The molecule has 0 unspecified atom stereocenters. The van der Waals surface area contributed by atoms with Crippen molar-refractivity contribution in [2.24, 2.45) is 10.6 Å². The molecule has 9 nitrogen and oxygen atoms in total. The summed E-state index contributed by atoms with van der Waals surface area (Å²) in [6.07, 6.45) is 4.07. The molecule has 0 amide bonds. The number of ether oxygens (including phenoxy) is 2. The average molecular weight is 432 g/mol. The van der Waals surface area contributed by atoms with Crippen molar-refractivity contribution < 1.29 is 17.9 Å². The van der Waals surface area contributed by atoms with E-state index in [-0.39, 0.29) is 5.41 Å². The van der Waals surface area contributed by atoms with Gasteiger partial charge in [0.25, 0.3) is 10.2 Å². The van der Waals surface area contributed by atoms with Crippen molar-refractivity contribution in [2.45, 2.75) is 19.3 Å². The number of fused-ring (bicyclic) bond motifs is 1. The van der Waals surface area contributed by atoms with Crippen molar-refractivity contribution in [1.82, 2.24) is 9.29 Å². The monoisotopic (exact) mass is 431 g/mol. The van der Waals surface area contributed by atoms with Gasteiger partial charge in [0, 0.05) is 43.8 Å². The van der Waals surface area contributed by atoms with E-state index in [9.17, 15) is 13.7 Å². The van der Waals surface area contributed by atoms with E-state index in [0.717, 1.165) is 48.9 Å². The Hall–Kier alpha value is -2.61. The SMILES string of the molecule is COc1cc2ncc(C#N)c(N3CCC4(CC3)CCN(S(N)(=O)=O)C4)c2cc1OC. The van der Waals surface area contributed by atoms with Crippen molar-refractivity contribution in [3.8, 4) is 17.6 Å². The van der Waals surface area contributed by atoms with E-state index in [2.05, 4.69) is 16.0 Å². The minimum Gasteiger partial charge on any atom is -0.493 e. The van der Waals surface area contributed by atoms with E-state index in [1.54, 1.807) is 20.4 Å². The molecule has 2 aliphatic heterocycles. The Labute approximate surface area is 176 Å². The molecular weight excluding hydrogens is 406 g/mol. The molecule has 3 heterocycles. The van der Waals surface area contributed by atoms with Crippen molar-refractivity contribution >= 4 is 26.8 Å². The number of methoxy groups -OCH3 is 2. The molecule has 0 aliphatic carbocycles. The molecule has 4 rings (SSSR count). The fraction of sp³-hybridized carbons (Fsp3) is 0.500. The Morgan fingerprint density at radius 1 is 1.13 bits per heavy atom. The van der Waals surface area contributed by atoms with Crippen LogP contribution in [0.5, 0.6) is 11.5 Å². The maximum absolute atomic E-state index is 11.7. The predicted octanol–water partition coefficient (Wildman–Crippen LogP) is 1.62. The summed E-state index contributed by atoms with van der Waals surface area (Å²) in [5.41, 5.74) is 2.01. The van der Waals surface area contributed by atoms with Crippen LogP contribution >= 0.6 is 0 Å². The lowest BCUT2D eigenvalue weighted by molar-refractivity contribution is 0.235. The first-order valence-electron chi connectivity index (χ1n) is 9.78. The number of nitrogens with zero attached hydrogens (tertiary/aromatic N) is 4. The second kappa shape index (κ2) is 7.58. The standard InChI is InChI=1S/C20H25N5O4S/c1-28-17-9-15-16(10-18(17)29-2)23-12-14(11-21)19(15)24-6-3-20(4-7-24)5-8-25(13-20)30(22,26)27/h9-10,12H,3-8,13H2,1-2H3,(H2,22,26,27). The van der Waals surface area contributed by atoms with Gasteiger partial charge in [0.05, 0.1) is 31.0 Å². The highest BCUT2D eigenvalue weighted by Crippen LogP contribution is 2.44. The summed E-state index contributed by atoms with van der Waals surface area (Å²) in [7, 11) is -0.504. The topological polar surface area (TPSA) is 122 Å². The second-order valence-corrected chi connectivity index (χ2v) is 9.52. The minimum absolute atomic E-state index is 0.0561. The summed E-state index contributed by atoms with van der Waals surface area (Å²) in [6, 6.07) is 5.93. The third-order valence-corrected chi connectivity index (χ3v) is 7.40. The normalized spacial score (nSPS) is 19.2. The van der Waals surface area contributed by atoms with Gasteiger partial charge in [0.1, 0.15) is 6.07 Å². The minimum atomic E-state index is -3.65. The lowest BCUT2D eigenvalue weighted by Crippen LogP contribution is -2.43. The van der Waals surface area contributed by atoms with Gasteiger partial charge >= 0.3 is 0 Å². The third kappa shape index (κ3) is 3.53. The number of hydrogen-bond acceptors (Lipinski definition) is 7. The number of benzene rings is 1. The van der Waals surface area contributed by atoms with Crippen LogP contribution in [0.3, 0.4) is 0 Å². The number of aromatic nitrogens is 1. The first-order valence-corrected chi connectivity index (χ1v) is 11.3. The second-order valence-electron chi connectivity index (χ2n) is 7.97. The molecule has 0 bridgehead atoms. The molecular formula is C20H25N5O4S. The fourth-order valence-corrected chi connectivity index (χ4v) is 5.45. The van der Waals surface area contributed by atoms with Crippen LogP contribution in [0, 0.1) is 16.7 Å². The zero-order valence-electron chi connectivity index (χ0n) is 17.1. The molecule has 2 saturated heterocycles. The molecule has 10 heteroatoms. The molecule has 2 N–H and O–H groups in total. The first kappa shape index (κ1) is 20.7. The summed E-state index contributed by atoms with van der Waals surface area (Å²) < 4.78 is 35.6. The molecule has 0 saturated carbocycles. The van der Waals surface area contributed by atoms with Gasteiger partial charge in [-0.05, 0) is 30.7 Å². The quantitative estimate of drug-likeness (QED) is 0.780. The zero-order valence-corrected chi connectivity index (χ0v) is 17.9. The Balaban J connectivity index is 1.66. The number of nitriles is 1. The van der Waals surface area contributed by atoms with Crippen molar-refractivity contribution in [3.63, 3.8) is 0 Å². The van der Waals surface area contributed by atoms with Gasteiger partial charge in [-0.1, -0.05) is 0 Å². The maximum Gasteiger partial charge on any atom is 0.276 e. The molecule has 1 aromatic heterocycles. The summed E-state index contributed by atoms with van der Waals surface area (Å²) >= 11 is 0. The van der Waals surface area contributed by atoms with Crippen molar-refractivity contribution in [2.75, 3.05) is 45.3 Å². The van der Waals surface area contributed by atoms with E-state index in [0.29, 0.717) is 30.2 Å². The Morgan fingerprint density at radius 2 is 1.77 bits per heavy atom. The fourth-order valence-electron chi connectivity index (χ4n) is 4.65. The van der Waals surface area contributed by atoms with Crippen LogP contribution in [0.25, 0.3) is 10.9 Å². The number of nitrogens with two attached hydrogens (primary N) is 1.